The maximum absolute atomic E-state index is 13.4. The monoisotopic (exact) mass is 584 g/mol. The highest BCUT2D eigenvalue weighted by atomic mass is 79.9. The number of hydrogen-bond acceptors (Lipinski definition) is 4. The molecule has 39 heavy (non-hydrogen) atoms. The highest BCUT2D eigenvalue weighted by Gasteiger charge is 2.41. The average Bonchev–Trinajstić information content (AvgIpc) is 2.96. The number of pyridine rings is 1. The Labute approximate surface area is 239 Å². The highest BCUT2D eigenvalue weighted by molar-refractivity contribution is 9.10. The van der Waals surface area contributed by atoms with Crippen LogP contribution in [0.1, 0.15) is 34.7 Å². The molecule has 3 unspecified atom stereocenters. The summed E-state index contributed by atoms with van der Waals surface area (Å²) in [7, 11) is 3.60. The zero-order valence-electron chi connectivity index (χ0n) is 22.5. The zero-order chi connectivity index (χ0) is 27.4. The third-order valence-electron chi connectivity index (χ3n) is 7.30. The van der Waals surface area contributed by atoms with Gasteiger partial charge in [-0.05, 0) is 70.2 Å². The molecule has 0 fully saturated rings. The van der Waals surface area contributed by atoms with Gasteiger partial charge in [-0.1, -0.05) is 66.3 Å². The number of fused-ring (bicyclic) bond motifs is 1. The van der Waals surface area contributed by atoms with E-state index in [0.717, 1.165) is 38.4 Å². The summed E-state index contributed by atoms with van der Waals surface area (Å²) in [6.07, 6.45) is 10.8. The van der Waals surface area contributed by atoms with E-state index in [9.17, 15) is 4.79 Å². The van der Waals surface area contributed by atoms with Crippen molar-refractivity contribution in [3.63, 3.8) is 0 Å². The number of carbonyl (C=O) groups excluding carboxylic acids is 1. The van der Waals surface area contributed by atoms with E-state index in [0.29, 0.717) is 19.6 Å². The quantitative estimate of drug-likeness (QED) is 0.282. The largest absolute Gasteiger partial charge is 0.492 e. The van der Waals surface area contributed by atoms with Crippen molar-refractivity contribution < 1.29 is 14.3 Å². The van der Waals surface area contributed by atoms with Gasteiger partial charge in [0.05, 0.1) is 5.92 Å². The molecule has 0 radical (unpaired) electrons. The molecule has 6 heteroatoms. The fourth-order valence-corrected chi connectivity index (χ4v) is 5.41. The molecule has 5 rings (SSSR count). The van der Waals surface area contributed by atoms with Crippen molar-refractivity contribution in [2.75, 3.05) is 14.1 Å². The Balaban J connectivity index is 1.34. The maximum Gasteiger partial charge on any atom is 0.232 e. The Bertz CT molecular complexity index is 1390. The molecule has 0 aliphatic heterocycles. The summed E-state index contributed by atoms with van der Waals surface area (Å²) in [6.45, 7) is 2.98. The summed E-state index contributed by atoms with van der Waals surface area (Å²) >= 11 is 3.49. The van der Waals surface area contributed by atoms with Crippen LogP contribution in [0.25, 0.3) is 0 Å². The predicted molar refractivity (Wildman–Crippen MR) is 157 cm³/mol. The standard InChI is InChI=1S/C33H33BrN2O3/c1-22-8-10-23(11-9-22)20-38-26-15-12-24(13-16-26)21-39-32-28-7-5-4-6-27(28)29(18-30(32)33(37)36(2)3)31-17-14-25(34)19-35-31/h4-17,19,27,29-30H,18,20-21H2,1-3H3. The van der Waals surface area contributed by atoms with E-state index >= 15 is 0 Å². The van der Waals surface area contributed by atoms with Crippen LogP contribution in [0.5, 0.6) is 5.75 Å². The van der Waals surface area contributed by atoms with Crippen LogP contribution in [0.15, 0.2) is 107 Å². The molecule has 5 nitrogen and oxygen atoms in total. The van der Waals surface area contributed by atoms with Crippen molar-refractivity contribution in [1.82, 2.24) is 9.88 Å². The third kappa shape index (κ3) is 6.34. The van der Waals surface area contributed by atoms with Gasteiger partial charge in [0.25, 0.3) is 0 Å². The predicted octanol–water partition coefficient (Wildman–Crippen LogP) is 7.14. The summed E-state index contributed by atoms with van der Waals surface area (Å²) in [5.74, 6) is 1.41. The number of carbonyl (C=O) groups is 1. The Morgan fingerprint density at radius 2 is 1.64 bits per heavy atom. The SMILES string of the molecule is Cc1ccc(COc2ccc(COC3=C4C=CC=CC4C(c4ccc(Br)cn4)CC3C(=O)N(C)C)cc2)cc1. The zero-order valence-corrected chi connectivity index (χ0v) is 24.1. The number of allylic oxidation sites excluding steroid dienone is 5. The number of halogens is 1. The molecule has 1 heterocycles. The lowest BCUT2D eigenvalue weighted by Crippen LogP contribution is -2.37. The van der Waals surface area contributed by atoms with Gasteiger partial charge in [-0.2, -0.15) is 0 Å². The van der Waals surface area contributed by atoms with Crippen molar-refractivity contribution >= 4 is 21.8 Å². The lowest BCUT2D eigenvalue weighted by atomic mass is 9.70. The van der Waals surface area contributed by atoms with Crippen LogP contribution in [0, 0.1) is 18.8 Å². The van der Waals surface area contributed by atoms with Crippen molar-refractivity contribution in [3.8, 4) is 5.75 Å². The van der Waals surface area contributed by atoms with Gasteiger partial charge in [0.1, 0.15) is 24.7 Å². The molecule has 0 spiro atoms. The van der Waals surface area contributed by atoms with E-state index in [2.05, 4.69) is 65.3 Å². The third-order valence-corrected chi connectivity index (χ3v) is 7.77. The summed E-state index contributed by atoms with van der Waals surface area (Å²) in [6, 6.07) is 20.4. The smallest absolute Gasteiger partial charge is 0.232 e. The van der Waals surface area contributed by atoms with Gasteiger partial charge in [-0.3, -0.25) is 9.78 Å². The first kappa shape index (κ1) is 26.9. The fourth-order valence-electron chi connectivity index (χ4n) is 5.18. The van der Waals surface area contributed by atoms with Crippen LogP contribution in [0.2, 0.25) is 0 Å². The first-order valence-electron chi connectivity index (χ1n) is 13.2. The number of benzene rings is 2. The normalized spacial score (nSPS) is 19.9. The molecule has 0 saturated heterocycles. The first-order chi connectivity index (χ1) is 18.9. The molecule has 3 aromatic rings. The second-order valence-corrected chi connectivity index (χ2v) is 11.2. The molecule has 200 valence electrons. The number of aromatic nitrogens is 1. The van der Waals surface area contributed by atoms with E-state index in [1.165, 1.54) is 5.56 Å². The van der Waals surface area contributed by atoms with E-state index in [-0.39, 0.29) is 23.7 Å². The van der Waals surface area contributed by atoms with Crippen LogP contribution in [0.4, 0.5) is 0 Å². The molecular formula is C33H33BrN2O3. The molecule has 1 amide bonds. The lowest BCUT2D eigenvalue weighted by molar-refractivity contribution is -0.133. The number of nitrogens with zero attached hydrogens (tertiary/aromatic N) is 2. The topological polar surface area (TPSA) is 51.7 Å². The Morgan fingerprint density at radius 1 is 0.949 bits per heavy atom. The Kier molecular flexibility index (Phi) is 8.32. The molecule has 0 bridgehead atoms. The van der Waals surface area contributed by atoms with Gasteiger partial charge < -0.3 is 14.4 Å². The van der Waals surface area contributed by atoms with Gasteiger partial charge in [0.2, 0.25) is 5.91 Å². The molecule has 1 aromatic heterocycles. The summed E-state index contributed by atoms with van der Waals surface area (Å²) in [5, 5.41) is 0. The van der Waals surface area contributed by atoms with Gasteiger partial charge in [-0.15, -0.1) is 0 Å². The minimum atomic E-state index is -0.380. The van der Waals surface area contributed by atoms with Crippen molar-refractivity contribution in [2.24, 2.45) is 11.8 Å². The molecule has 2 aliphatic carbocycles. The molecule has 2 aliphatic rings. The molecule has 2 aromatic carbocycles. The minimum absolute atomic E-state index is 0.0425. The molecular weight excluding hydrogens is 552 g/mol. The van der Waals surface area contributed by atoms with Crippen LogP contribution >= 0.6 is 15.9 Å². The van der Waals surface area contributed by atoms with Gasteiger partial charge in [-0.25, -0.2) is 0 Å². The lowest BCUT2D eigenvalue weighted by Gasteiger charge is -2.38. The van der Waals surface area contributed by atoms with Crippen molar-refractivity contribution in [3.05, 3.63) is 129 Å². The number of aryl methyl sites for hydroxylation is 1. The molecule has 0 N–H and O–H groups in total. The summed E-state index contributed by atoms with van der Waals surface area (Å²) in [4.78, 5) is 19.8. The molecule has 3 atom stereocenters. The van der Waals surface area contributed by atoms with E-state index in [1.54, 1.807) is 19.0 Å². The van der Waals surface area contributed by atoms with Crippen LogP contribution in [0.3, 0.4) is 0 Å². The van der Waals surface area contributed by atoms with E-state index < -0.39 is 0 Å². The number of rotatable bonds is 8. The number of amides is 1. The van der Waals surface area contributed by atoms with Gasteiger partial charge in [0.15, 0.2) is 0 Å². The van der Waals surface area contributed by atoms with E-state index in [1.807, 2.05) is 48.7 Å². The summed E-state index contributed by atoms with van der Waals surface area (Å²) in [5.41, 5.74) is 5.42. The second kappa shape index (κ2) is 12.0. The highest BCUT2D eigenvalue weighted by Crippen LogP contribution is 2.47. The van der Waals surface area contributed by atoms with Crippen molar-refractivity contribution in [2.45, 2.75) is 32.5 Å². The second-order valence-electron chi connectivity index (χ2n) is 10.3. The van der Waals surface area contributed by atoms with Crippen LogP contribution in [-0.2, 0) is 22.7 Å². The van der Waals surface area contributed by atoms with Crippen LogP contribution < -0.4 is 4.74 Å². The maximum atomic E-state index is 13.4. The Hall–Kier alpha value is -3.64. The number of hydrogen-bond donors (Lipinski definition) is 0. The Morgan fingerprint density at radius 3 is 2.31 bits per heavy atom. The van der Waals surface area contributed by atoms with Crippen LogP contribution in [-0.4, -0.2) is 29.9 Å². The number of ether oxygens (including phenoxy) is 2. The first-order valence-corrected chi connectivity index (χ1v) is 14.0. The summed E-state index contributed by atoms with van der Waals surface area (Å²) < 4.78 is 13.4. The van der Waals surface area contributed by atoms with Gasteiger partial charge >= 0.3 is 0 Å². The van der Waals surface area contributed by atoms with Gasteiger partial charge in [0, 0.05) is 42.3 Å². The molecule has 0 saturated carbocycles. The van der Waals surface area contributed by atoms with Crippen molar-refractivity contribution in [1.29, 1.82) is 0 Å². The fraction of sp³-hybridized carbons (Fsp3) is 0.273. The minimum Gasteiger partial charge on any atom is -0.492 e. The van der Waals surface area contributed by atoms with E-state index in [4.69, 9.17) is 14.5 Å². The average molecular weight is 586 g/mol.